The van der Waals surface area contributed by atoms with Crippen LogP contribution in [0.5, 0.6) is 0 Å². The molecule has 1 N–H and O–H groups in total. The third-order valence-electron chi connectivity index (χ3n) is 2.59. The highest BCUT2D eigenvalue weighted by atomic mass is 79.9. The Morgan fingerprint density at radius 2 is 2.19 bits per heavy atom. The molecular formula is C12H14BrFN2. The zero-order valence-electron chi connectivity index (χ0n) is 9.19. The molecule has 2 aromatic rings. The first kappa shape index (κ1) is 11.6. The Labute approximate surface area is 102 Å². The molecule has 4 heteroatoms. The van der Waals surface area contributed by atoms with Gasteiger partial charge in [0.05, 0.1) is 15.5 Å². The van der Waals surface area contributed by atoms with Crippen LogP contribution in [0.25, 0.3) is 11.0 Å². The van der Waals surface area contributed by atoms with E-state index in [9.17, 15) is 4.39 Å². The molecule has 0 saturated heterocycles. The van der Waals surface area contributed by atoms with Gasteiger partial charge in [0.15, 0.2) is 0 Å². The smallest absolute Gasteiger partial charge is 0.139 e. The van der Waals surface area contributed by atoms with Crippen LogP contribution in [0.1, 0.15) is 32.0 Å². The fourth-order valence-electron chi connectivity index (χ4n) is 1.72. The fourth-order valence-corrected chi connectivity index (χ4v) is 2.05. The highest BCUT2D eigenvalue weighted by Gasteiger charge is 2.06. The molecule has 1 aromatic heterocycles. The minimum absolute atomic E-state index is 0.253. The van der Waals surface area contributed by atoms with Gasteiger partial charge in [-0.3, -0.25) is 0 Å². The summed E-state index contributed by atoms with van der Waals surface area (Å²) in [6.07, 6.45) is 4.46. The van der Waals surface area contributed by atoms with E-state index < -0.39 is 0 Å². The highest BCUT2D eigenvalue weighted by Crippen LogP contribution is 2.22. The predicted molar refractivity (Wildman–Crippen MR) is 67.0 cm³/mol. The Morgan fingerprint density at radius 1 is 1.38 bits per heavy atom. The van der Waals surface area contributed by atoms with Crippen molar-refractivity contribution in [3.05, 3.63) is 28.2 Å². The van der Waals surface area contributed by atoms with Gasteiger partial charge in [-0.1, -0.05) is 19.8 Å². The van der Waals surface area contributed by atoms with Gasteiger partial charge >= 0.3 is 0 Å². The zero-order chi connectivity index (χ0) is 11.5. The molecule has 1 heterocycles. The van der Waals surface area contributed by atoms with E-state index in [2.05, 4.69) is 32.8 Å². The molecule has 0 unspecified atom stereocenters. The predicted octanol–water partition coefficient (Wildman–Crippen LogP) is 4.20. The summed E-state index contributed by atoms with van der Waals surface area (Å²) < 4.78 is 13.7. The lowest BCUT2D eigenvalue weighted by molar-refractivity contribution is 0.623. The van der Waals surface area contributed by atoms with Gasteiger partial charge in [0.25, 0.3) is 0 Å². The molecule has 2 rings (SSSR count). The number of benzene rings is 1. The standard InChI is InChI=1S/C12H14BrFN2/c1-2-3-4-5-12-15-10-6-8(13)9(14)7-11(10)16-12/h6-7H,2-5H2,1H3,(H,15,16). The number of fused-ring (bicyclic) bond motifs is 1. The van der Waals surface area contributed by atoms with Crippen LogP contribution in [0, 0.1) is 5.82 Å². The number of H-pyrrole nitrogens is 1. The monoisotopic (exact) mass is 284 g/mol. The van der Waals surface area contributed by atoms with Crippen LogP contribution in [0.3, 0.4) is 0 Å². The van der Waals surface area contributed by atoms with Crippen molar-refractivity contribution in [2.45, 2.75) is 32.6 Å². The molecule has 1 aromatic carbocycles. The van der Waals surface area contributed by atoms with E-state index in [1.165, 1.54) is 18.9 Å². The van der Waals surface area contributed by atoms with Crippen molar-refractivity contribution in [2.24, 2.45) is 0 Å². The maximum Gasteiger partial charge on any atom is 0.139 e. The van der Waals surface area contributed by atoms with Crippen LogP contribution in [0.2, 0.25) is 0 Å². The lowest BCUT2D eigenvalue weighted by Crippen LogP contribution is -1.87. The van der Waals surface area contributed by atoms with Crippen LogP contribution in [-0.4, -0.2) is 9.97 Å². The molecule has 0 saturated carbocycles. The van der Waals surface area contributed by atoms with Gasteiger partial charge in [0.1, 0.15) is 11.6 Å². The summed E-state index contributed by atoms with van der Waals surface area (Å²) in [6, 6.07) is 3.19. The topological polar surface area (TPSA) is 28.7 Å². The van der Waals surface area contributed by atoms with E-state index in [-0.39, 0.29) is 5.82 Å². The van der Waals surface area contributed by atoms with E-state index in [1.54, 1.807) is 6.07 Å². The molecule has 0 bridgehead atoms. The van der Waals surface area contributed by atoms with Gasteiger partial charge in [-0.05, 0) is 28.4 Å². The summed E-state index contributed by atoms with van der Waals surface area (Å²) in [5.74, 6) is 0.692. The molecule has 0 aliphatic carbocycles. The van der Waals surface area contributed by atoms with Gasteiger partial charge in [0, 0.05) is 12.5 Å². The summed E-state index contributed by atoms with van der Waals surface area (Å²) in [4.78, 5) is 7.58. The Kier molecular flexibility index (Phi) is 3.59. The van der Waals surface area contributed by atoms with Gasteiger partial charge in [-0.25, -0.2) is 9.37 Å². The Morgan fingerprint density at radius 3 is 2.94 bits per heavy atom. The molecule has 0 spiro atoms. The van der Waals surface area contributed by atoms with E-state index in [4.69, 9.17) is 0 Å². The molecule has 0 fully saturated rings. The quantitative estimate of drug-likeness (QED) is 0.838. The first-order chi connectivity index (χ1) is 7.70. The summed E-state index contributed by atoms with van der Waals surface area (Å²) in [5, 5.41) is 0. The largest absolute Gasteiger partial charge is 0.342 e. The third kappa shape index (κ3) is 2.43. The SMILES string of the molecule is CCCCCc1nc2cc(Br)c(F)cc2[nH]1. The first-order valence-electron chi connectivity index (χ1n) is 5.54. The lowest BCUT2D eigenvalue weighted by atomic mass is 10.2. The van der Waals surface area contributed by atoms with Crippen molar-refractivity contribution >= 4 is 27.0 Å². The van der Waals surface area contributed by atoms with Crippen molar-refractivity contribution < 1.29 is 4.39 Å². The Bertz CT molecular complexity index is 454. The second kappa shape index (κ2) is 4.95. The van der Waals surface area contributed by atoms with Crippen molar-refractivity contribution in [1.82, 2.24) is 9.97 Å². The van der Waals surface area contributed by atoms with E-state index in [1.807, 2.05) is 0 Å². The number of hydrogen-bond donors (Lipinski definition) is 1. The number of imidazole rings is 1. The zero-order valence-corrected chi connectivity index (χ0v) is 10.8. The maximum absolute atomic E-state index is 13.3. The van der Waals surface area contributed by atoms with Crippen molar-refractivity contribution in [3.63, 3.8) is 0 Å². The molecule has 0 aliphatic heterocycles. The number of halogens is 2. The summed E-state index contributed by atoms with van der Waals surface area (Å²) >= 11 is 3.16. The molecule has 2 nitrogen and oxygen atoms in total. The second-order valence-electron chi connectivity index (χ2n) is 3.92. The van der Waals surface area contributed by atoms with Crippen molar-refractivity contribution in [2.75, 3.05) is 0 Å². The number of rotatable bonds is 4. The highest BCUT2D eigenvalue weighted by molar-refractivity contribution is 9.10. The molecule has 16 heavy (non-hydrogen) atoms. The molecular weight excluding hydrogens is 271 g/mol. The van der Waals surface area contributed by atoms with E-state index in [0.29, 0.717) is 4.47 Å². The van der Waals surface area contributed by atoms with E-state index in [0.717, 1.165) is 29.7 Å². The Hall–Kier alpha value is -0.900. The van der Waals surface area contributed by atoms with Gasteiger partial charge in [0.2, 0.25) is 0 Å². The van der Waals surface area contributed by atoms with Gasteiger partial charge in [-0.15, -0.1) is 0 Å². The first-order valence-corrected chi connectivity index (χ1v) is 6.33. The van der Waals surface area contributed by atoms with Gasteiger partial charge < -0.3 is 4.98 Å². The molecule has 0 amide bonds. The summed E-state index contributed by atoms with van der Waals surface area (Å²) in [6.45, 7) is 2.17. The number of aromatic amines is 1. The number of nitrogens with zero attached hydrogens (tertiary/aromatic N) is 1. The summed E-state index contributed by atoms with van der Waals surface area (Å²) in [5.41, 5.74) is 1.59. The molecule has 86 valence electrons. The third-order valence-corrected chi connectivity index (χ3v) is 3.20. The summed E-state index contributed by atoms with van der Waals surface area (Å²) in [7, 11) is 0. The minimum Gasteiger partial charge on any atom is -0.342 e. The molecule has 0 aliphatic rings. The number of unbranched alkanes of at least 4 members (excludes halogenated alkanes) is 2. The molecule has 0 radical (unpaired) electrons. The normalized spacial score (nSPS) is 11.2. The maximum atomic E-state index is 13.3. The molecule has 0 atom stereocenters. The van der Waals surface area contributed by atoms with Gasteiger partial charge in [-0.2, -0.15) is 0 Å². The van der Waals surface area contributed by atoms with Crippen LogP contribution in [0.15, 0.2) is 16.6 Å². The average molecular weight is 285 g/mol. The lowest BCUT2D eigenvalue weighted by Gasteiger charge is -1.93. The average Bonchev–Trinajstić information content (AvgIpc) is 2.61. The second-order valence-corrected chi connectivity index (χ2v) is 4.78. The number of aryl methyl sites for hydroxylation is 1. The number of hydrogen-bond acceptors (Lipinski definition) is 1. The van der Waals surface area contributed by atoms with Crippen LogP contribution in [-0.2, 0) is 6.42 Å². The Balaban J connectivity index is 2.23. The van der Waals surface area contributed by atoms with Crippen LogP contribution < -0.4 is 0 Å². The number of nitrogens with one attached hydrogen (secondary N) is 1. The minimum atomic E-state index is -0.253. The van der Waals surface area contributed by atoms with Crippen LogP contribution in [0.4, 0.5) is 4.39 Å². The fraction of sp³-hybridized carbons (Fsp3) is 0.417. The van der Waals surface area contributed by atoms with Crippen molar-refractivity contribution in [3.8, 4) is 0 Å². The van der Waals surface area contributed by atoms with Crippen molar-refractivity contribution in [1.29, 1.82) is 0 Å². The van der Waals surface area contributed by atoms with E-state index >= 15 is 0 Å². The van der Waals surface area contributed by atoms with Crippen LogP contribution >= 0.6 is 15.9 Å². The number of aromatic nitrogens is 2.